The van der Waals surface area contributed by atoms with Crippen LogP contribution >= 0.6 is 11.3 Å². The third-order valence-electron chi connectivity index (χ3n) is 3.00. The number of aliphatic hydroxyl groups is 2. The fourth-order valence-corrected chi connectivity index (χ4v) is 2.74. The van der Waals surface area contributed by atoms with Gasteiger partial charge in [0.2, 0.25) is 0 Å². The van der Waals surface area contributed by atoms with E-state index in [2.05, 4.69) is 0 Å². The molecule has 0 spiro atoms. The van der Waals surface area contributed by atoms with E-state index in [4.69, 9.17) is 10.2 Å². The zero-order valence-electron chi connectivity index (χ0n) is 11.5. The van der Waals surface area contributed by atoms with E-state index in [9.17, 15) is 5.11 Å². The van der Waals surface area contributed by atoms with Crippen molar-refractivity contribution in [3.8, 4) is 5.75 Å². The van der Waals surface area contributed by atoms with Crippen LogP contribution in [0.3, 0.4) is 0 Å². The summed E-state index contributed by atoms with van der Waals surface area (Å²) in [7, 11) is 0. The molecule has 21 heavy (non-hydrogen) atoms. The van der Waals surface area contributed by atoms with Crippen LogP contribution in [0.25, 0.3) is 10.1 Å². The molecule has 0 radical (unpaired) electrons. The molecule has 110 valence electrons. The van der Waals surface area contributed by atoms with Gasteiger partial charge < -0.3 is 15.3 Å². The molecule has 0 saturated heterocycles. The van der Waals surface area contributed by atoms with E-state index in [1.165, 1.54) is 0 Å². The SMILES string of the molecule is OCC(O)Cc1ccccc1.Oc1cccc2sccc12. The Labute approximate surface area is 127 Å². The monoisotopic (exact) mass is 302 g/mol. The highest BCUT2D eigenvalue weighted by molar-refractivity contribution is 7.17. The van der Waals surface area contributed by atoms with Gasteiger partial charge in [0.15, 0.2) is 0 Å². The van der Waals surface area contributed by atoms with Gasteiger partial charge in [-0.25, -0.2) is 0 Å². The van der Waals surface area contributed by atoms with Crippen LogP contribution in [0.5, 0.6) is 5.75 Å². The Morgan fingerprint density at radius 1 is 0.952 bits per heavy atom. The fraction of sp³-hybridized carbons (Fsp3) is 0.176. The highest BCUT2D eigenvalue weighted by Crippen LogP contribution is 2.27. The Morgan fingerprint density at radius 2 is 1.71 bits per heavy atom. The molecule has 0 amide bonds. The molecule has 3 nitrogen and oxygen atoms in total. The Bertz CT molecular complexity index is 664. The van der Waals surface area contributed by atoms with Crippen molar-refractivity contribution in [2.75, 3.05) is 6.61 Å². The Hall–Kier alpha value is -1.88. The second-order valence-corrected chi connectivity index (χ2v) is 5.58. The number of thiophene rings is 1. The van der Waals surface area contributed by atoms with Crippen LogP contribution in [-0.2, 0) is 6.42 Å². The molecule has 1 aromatic heterocycles. The molecule has 3 N–H and O–H groups in total. The average molecular weight is 302 g/mol. The Kier molecular flexibility index (Phi) is 5.75. The predicted molar refractivity (Wildman–Crippen MR) is 86.7 cm³/mol. The summed E-state index contributed by atoms with van der Waals surface area (Å²) in [4.78, 5) is 0. The van der Waals surface area contributed by atoms with E-state index in [0.717, 1.165) is 15.6 Å². The number of benzene rings is 2. The summed E-state index contributed by atoms with van der Waals surface area (Å²) in [6, 6.07) is 17.1. The average Bonchev–Trinajstić information content (AvgIpc) is 2.99. The zero-order chi connectivity index (χ0) is 15.1. The van der Waals surface area contributed by atoms with Crippen LogP contribution in [0.2, 0.25) is 0 Å². The first-order valence-corrected chi connectivity index (χ1v) is 7.56. The zero-order valence-corrected chi connectivity index (χ0v) is 12.3. The number of hydrogen-bond donors (Lipinski definition) is 3. The third-order valence-corrected chi connectivity index (χ3v) is 3.88. The Morgan fingerprint density at radius 3 is 2.38 bits per heavy atom. The topological polar surface area (TPSA) is 60.7 Å². The molecule has 0 bridgehead atoms. The van der Waals surface area contributed by atoms with Crippen LogP contribution in [0, 0.1) is 0 Å². The molecule has 0 fully saturated rings. The molecule has 1 heterocycles. The van der Waals surface area contributed by atoms with Gasteiger partial charge in [-0.1, -0.05) is 36.4 Å². The lowest BCUT2D eigenvalue weighted by atomic mass is 10.1. The number of rotatable bonds is 3. The first-order valence-electron chi connectivity index (χ1n) is 6.68. The van der Waals surface area contributed by atoms with Gasteiger partial charge in [-0.15, -0.1) is 11.3 Å². The molecular weight excluding hydrogens is 284 g/mol. The molecule has 0 saturated carbocycles. The van der Waals surface area contributed by atoms with Gasteiger partial charge in [0.1, 0.15) is 5.75 Å². The molecule has 0 aliphatic heterocycles. The molecule has 3 rings (SSSR count). The largest absolute Gasteiger partial charge is 0.507 e. The van der Waals surface area contributed by atoms with Gasteiger partial charge in [-0.2, -0.15) is 0 Å². The smallest absolute Gasteiger partial charge is 0.124 e. The lowest BCUT2D eigenvalue weighted by molar-refractivity contribution is 0.0955. The van der Waals surface area contributed by atoms with Gasteiger partial charge in [0.25, 0.3) is 0 Å². The van der Waals surface area contributed by atoms with Gasteiger partial charge in [0.05, 0.1) is 12.7 Å². The van der Waals surface area contributed by atoms with Crippen molar-refractivity contribution in [3.63, 3.8) is 0 Å². The van der Waals surface area contributed by atoms with Crippen molar-refractivity contribution in [2.24, 2.45) is 0 Å². The van der Waals surface area contributed by atoms with Crippen LogP contribution in [0.15, 0.2) is 60.0 Å². The van der Waals surface area contributed by atoms with Gasteiger partial charge in [-0.3, -0.25) is 0 Å². The van der Waals surface area contributed by atoms with Crippen LogP contribution < -0.4 is 0 Å². The van der Waals surface area contributed by atoms with Crippen molar-refractivity contribution < 1.29 is 15.3 Å². The lowest BCUT2D eigenvalue weighted by Crippen LogP contribution is -2.14. The number of fused-ring (bicyclic) bond motifs is 1. The predicted octanol–water partition coefficient (Wildman–Crippen LogP) is 3.19. The van der Waals surface area contributed by atoms with Crippen molar-refractivity contribution >= 4 is 21.4 Å². The minimum absolute atomic E-state index is 0.172. The van der Waals surface area contributed by atoms with E-state index >= 15 is 0 Å². The van der Waals surface area contributed by atoms with Crippen molar-refractivity contribution in [1.82, 2.24) is 0 Å². The van der Waals surface area contributed by atoms with Crippen molar-refractivity contribution in [1.29, 1.82) is 0 Å². The summed E-state index contributed by atoms with van der Waals surface area (Å²) in [5.74, 6) is 0.374. The third kappa shape index (κ3) is 4.56. The van der Waals surface area contributed by atoms with Crippen molar-refractivity contribution in [3.05, 3.63) is 65.5 Å². The van der Waals surface area contributed by atoms with E-state index in [1.54, 1.807) is 17.4 Å². The molecule has 4 heteroatoms. The number of hydrogen-bond acceptors (Lipinski definition) is 4. The number of aliphatic hydroxyl groups excluding tert-OH is 2. The fourth-order valence-electron chi connectivity index (χ4n) is 1.93. The van der Waals surface area contributed by atoms with Crippen LogP contribution in [0.1, 0.15) is 5.56 Å². The maximum Gasteiger partial charge on any atom is 0.124 e. The van der Waals surface area contributed by atoms with Gasteiger partial charge in [0, 0.05) is 16.5 Å². The van der Waals surface area contributed by atoms with E-state index < -0.39 is 6.10 Å². The molecule has 3 aromatic rings. The van der Waals surface area contributed by atoms with Crippen molar-refractivity contribution in [2.45, 2.75) is 12.5 Å². The highest BCUT2D eigenvalue weighted by atomic mass is 32.1. The number of aromatic hydroxyl groups is 1. The molecular formula is C17H18O3S. The normalized spacial score (nSPS) is 11.7. The lowest BCUT2D eigenvalue weighted by Gasteiger charge is -2.05. The summed E-state index contributed by atoms with van der Waals surface area (Å²) in [6.07, 6.45) is -0.102. The molecule has 2 aromatic carbocycles. The van der Waals surface area contributed by atoms with Crippen LogP contribution in [0.4, 0.5) is 0 Å². The van der Waals surface area contributed by atoms with E-state index in [0.29, 0.717) is 12.2 Å². The number of phenols is 1. The standard InChI is InChI=1S/C9H12O2.C8H6OS/c10-7-9(11)6-8-4-2-1-3-5-8;9-7-2-1-3-8-6(7)4-5-10-8/h1-5,9-11H,6-7H2;1-5,9H. The molecule has 0 aliphatic carbocycles. The first-order chi connectivity index (χ1) is 10.2. The summed E-state index contributed by atoms with van der Waals surface area (Å²) < 4.78 is 1.14. The van der Waals surface area contributed by atoms with Gasteiger partial charge >= 0.3 is 0 Å². The van der Waals surface area contributed by atoms with Crippen LogP contribution in [-0.4, -0.2) is 28.0 Å². The molecule has 0 aliphatic rings. The maximum atomic E-state index is 9.27. The summed E-state index contributed by atoms with van der Waals surface area (Å²) in [5.41, 5.74) is 1.05. The second-order valence-electron chi connectivity index (χ2n) is 4.64. The summed E-state index contributed by atoms with van der Waals surface area (Å²) in [6.45, 7) is -0.172. The summed E-state index contributed by atoms with van der Waals surface area (Å²) >= 11 is 1.64. The Balaban J connectivity index is 0.000000154. The van der Waals surface area contributed by atoms with E-state index in [-0.39, 0.29) is 6.61 Å². The molecule has 1 atom stereocenters. The second kappa shape index (κ2) is 7.78. The minimum Gasteiger partial charge on any atom is -0.507 e. The summed E-state index contributed by atoms with van der Waals surface area (Å²) in [5, 5.41) is 29.8. The molecule has 1 unspecified atom stereocenters. The van der Waals surface area contributed by atoms with E-state index in [1.807, 2.05) is 53.9 Å². The first kappa shape index (κ1) is 15.5. The highest BCUT2D eigenvalue weighted by Gasteiger charge is 2.01. The number of phenolic OH excluding ortho intramolecular Hbond substituents is 1. The minimum atomic E-state index is -0.627. The van der Waals surface area contributed by atoms with Gasteiger partial charge in [-0.05, 0) is 29.1 Å². The quantitative estimate of drug-likeness (QED) is 0.696. The maximum absolute atomic E-state index is 9.27.